The largest absolute Gasteiger partial charge is 0.356 e. The van der Waals surface area contributed by atoms with E-state index in [-0.39, 0.29) is 0 Å². The van der Waals surface area contributed by atoms with E-state index >= 15 is 0 Å². The highest BCUT2D eigenvalue weighted by atomic mass is 15.2. The standard InChI is InChI=1S/C17H19N5/c1-13-10-16(22-8-3-2-4-9-22)21-17(19-13)20-15-7-5-6-14(11-15)12-18/h5-7,10-11H,2-4,8-9H2,1H3,(H,19,20,21). The Balaban J connectivity index is 1.84. The van der Waals surface area contributed by atoms with Crippen LogP contribution in [0.5, 0.6) is 0 Å². The third-order valence-electron chi connectivity index (χ3n) is 3.77. The lowest BCUT2D eigenvalue weighted by atomic mass is 10.1. The van der Waals surface area contributed by atoms with E-state index in [1.807, 2.05) is 25.1 Å². The van der Waals surface area contributed by atoms with Gasteiger partial charge in [0.2, 0.25) is 5.95 Å². The summed E-state index contributed by atoms with van der Waals surface area (Å²) >= 11 is 0. The number of nitrogens with zero attached hydrogens (tertiary/aromatic N) is 4. The Kier molecular flexibility index (Phi) is 4.19. The molecule has 1 aliphatic heterocycles. The van der Waals surface area contributed by atoms with Crippen LogP contribution in [-0.2, 0) is 0 Å². The van der Waals surface area contributed by atoms with Crippen LogP contribution in [0.4, 0.5) is 17.5 Å². The first-order valence-electron chi connectivity index (χ1n) is 7.62. The van der Waals surface area contributed by atoms with Crippen molar-refractivity contribution in [2.45, 2.75) is 26.2 Å². The van der Waals surface area contributed by atoms with Gasteiger partial charge in [0.05, 0.1) is 11.6 Å². The van der Waals surface area contributed by atoms with Gasteiger partial charge in [-0.25, -0.2) is 4.98 Å². The first-order valence-corrected chi connectivity index (χ1v) is 7.62. The van der Waals surface area contributed by atoms with Crippen molar-refractivity contribution in [3.05, 3.63) is 41.6 Å². The predicted molar refractivity (Wildman–Crippen MR) is 87.3 cm³/mol. The third kappa shape index (κ3) is 3.34. The summed E-state index contributed by atoms with van der Waals surface area (Å²) in [5, 5.41) is 12.2. The maximum atomic E-state index is 8.97. The number of hydrogen-bond acceptors (Lipinski definition) is 5. The molecule has 0 saturated carbocycles. The van der Waals surface area contributed by atoms with Crippen molar-refractivity contribution in [3.63, 3.8) is 0 Å². The predicted octanol–water partition coefficient (Wildman–Crippen LogP) is 3.39. The van der Waals surface area contributed by atoms with Crippen LogP contribution in [0.2, 0.25) is 0 Å². The molecular weight excluding hydrogens is 274 g/mol. The second-order valence-electron chi connectivity index (χ2n) is 5.56. The zero-order valence-corrected chi connectivity index (χ0v) is 12.7. The number of nitriles is 1. The van der Waals surface area contributed by atoms with Crippen LogP contribution in [0.3, 0.4) is 0 Å². The van der Waals surface area contributed by atoms with Crippen molar-refractivity contribution in [3.8, 4) is 6.07 Å². The summed E-state index contributed by atoms with van der Waals surface area (Å²) in [6.07, 6.45) is 3.73. The Morgan fingerprint density at radius 3 is 2.73 bits per heavy atom. The van der Waals surface area contributed by atoms with Crippen LogP contribution in [0, 0.1) is 18.3 Å². The molecule has 0 spiro atoms. The second kappa shape index (κ2) is 6.44. The molecule has 3 rings (SSSR count). The molecule has 1 aliphatic rings. The molecule has 1 N–H and O–H groups in total. The number of piperidine rings is 1. The zero-order chi connectivity index (χ0) is 15.4. The van der Waals surface area contributed by atoms with Crippen LogP contribution in [0.1, 0.15) is 30.5 Å². The zero-order valence-electron chi connectivity index (χ0n) is 12.7. The Morgan fingerprint density at radius 1 is 1.14 bits per heavy atom. The fourth-order valence-corrected chi connectivity index (χ4v) is 2.69. The Bertz CT molecular complexity index is 698. The fraction of sp³-hybridized carbons (Fsp3) is 0.353. The van der Waals surface area contributed by atoms with Crippen LogP contribution in [0.15, 0.2) is 30.3 Å². The minimum atomic E-state index is 0.579. The molecule has 5 heteroatoms. The molecular formula is C17H19N5. The summed E-state index contributed by atoms with van der Waals surface area (Å²) in [4.78, 5) is 11.4. The van der Waals surface area contributed by atoms with Crippen LogP contribution in [0.25, 0.3) is 0 Å². The van der Waals surface area contributed by atoms with E-state index in [0.29, 0.717) is 11.5 Å². The van der Waals surface area contributed by atoms with Gasteiger partial charge in [-0.05, 0) is 44.4 Å². The quantitative estimate of drug-likeness (QED) is 0.939. The van der Waals surface area contributed by atoms with Crippen molar-refractivity contribution in [2.75, 3.05) is 23.3 Å². The summed E-state index contributed by atoms with van der Waals surface area (Å²) in [5.41, 5.74) is 2.39. The molecule has 2 heterocycles. The van der Waals surface area contributed by atoms with Gasteiger partial charge in [0.1, 0.15) is 5.82 Å². The highest BCUT2D eigenvalue weighted by molar-refractivity contribution is 5.58. The van der Waals surface area contributed by atoms with Crippen molar-refractivity contribution >= 4 is 17.5 Å². The number of hydrogen-bond donors (Lipinski definition) is 1. The van der Waals surface area contributed by atoms with Gasteiger partial charge in [-0.1, -0.05) is 6.07 Å². The molecule has 22 heavy (non-hydrogen) atoms. The Hall–Kier alpha value is -2.61. The van der Waals surface area contributed by atoms with Crippen molar-refractivity contribution < 1.29 is 0 Å². The second-order valence-corrected chi connectivity index (χ2v) is 5.56. The van der Waals surface area contributed by atoms with Crippen LogP contribution >= 0.6 is 0 Å². The summed E-state index contributed by atoms with van der Waals surface area (Å²) < 4.78 is 0. The molecule has 0 atom stereocenters. The first kappa shape index (κ1) is 14.3. The van der Waals surface area contributed by atoms with Gasteiger partial charge >= 0.3 is 0 Å². The van der Waals surface area contributed by atoms with E-state index in [1.165, 1.54) is 19.3 Å². The monoisotopic (exact) mass is 293 g/mol. The number of aromatic nitrogens is 2. The highest BCUT2D eigenvalue weighted by Gasteiger charge is 2.14. The number of rotatable bonds is 3. The Labute approximate surface area is 130 Å². The van der Waals surface area contributed by atoms with Crippen LogP contribution < -0.4 is 10.2 Å². The van der Waals surface area contributed by atoms with Gasteiger partial charge in [0.15, 0.2) is 0 Å². The normalized spacial score (nSPS) is 14.5. The van der Waals surface area contributed by atoms with E-state index in [9.17, 15) is 0 Å². The molecule has 1 aromatic heterocycles. The third-order valence-corrected chi connectivity index (χ3v) is 3.77. The van der Waals surface area contributed by atoms with E-state index < -0.39 is 0 Å². The highest BCUT2D eigenvalue weighted by Crippen LogP contribution is 2.21. The van der Waals surface area contributed by atoms with E-state index in [1.54, 1.807) is 12.1 Å². The Morgan fingerprint density at radius 2 is 1.95 bits per heavy atom. The lowest BCUT2D eigenvalue weighted by Crippen LogP contribution is -2.30. The van der Waals surface area contributed by atoms with Crippen molar-refractivity contribution in [1.29, 1.82) is 5.26 Å². The average Bonchev–Trinajstić information content (AvgIpc) is 2.55. The summed E-state index contributed by atoms with van der Waals surface area (Å²) in [7, 11) is 0. The van der Waals surface area contributed by atoms with Crippen molar-refractivity contribution in [1.82, 2.24) is 9.97 Å². The van der Waals surface area contributed by atoms with Gasteiger partial charge in [0.25, 0.3) is 0 Å². The maximum absolute atomic E-state index is 8.97. The smallest absolute Gasteiger partial charge is 0.229 e. The molecule has 5 nitrogen and oxygen atoms in total. The molecule has 1 aromatic carbocycles. The molecule has 1 saturated heterocycles. The minimum absolute atomic E-state index is 0.579. The fourth-order valence-electron chi connectivity index (χ4n) is 2.69. The maximum Gasteiger partial charge on any atom is 0.229 e. The number of nitrogens with one attached hydrogen (secondary N) is 1. The van der Waals surface area contributed by atoms with Crippen LogP contribution in [-0.4, -0.2) is 23.1 Å². The molecule has 1 fully saturated rings. The van der Waals surface area contributed by atoms with E-state index in [2.05, 4.69) is 26.3 Å². The summed E-state index contributed by atoms with van der Waals surface area (Å²) in [6, 6.07) is 11.5. The number of anilines is 3. The molecule has 0 unspecified atom stereocenters. The number of aryl methyl sites for hydroxylation is 1. The summed E-state index contributed by atoms with van der Waals surface area (Å²) in [6.45, 7) is 4.09. The lowest BCUT2D eigenvalue weighted by Gasteiger charge is -2.28. The van der Waals surface area contributed by atoms with Gasteiger partial charge in [0, 0.05) is 30.5 Å². The molecule has 2 aromatic rings. The topological polar surface area (TPSA) is 64.8 Å². The first-order chi connectivity index (χ1) is 10.7. The van der Waals surface area contributed by atoms with Gasteiger partial charge < -0.3 is 10.2 Å². The minimum Gasteiger partial charge on any atom is -0.356 e. The van der Waals surface area contributed by atoms with Gasteiger partial charge in [-0.3, -0.25) is 0 Å². The van der Waals surface area contributed by atoms with E-state index in [4.69, 9.17) is 5.26 Å². The molecule has 0 amide bonds. The van der Waals surface area contributed by atoms with Crippen molar-refractivity contribution in [2.24, 2.45) is 0 Å². The van der Waals surface area contributed by atoms with Gasteiger partial charge in [-0.15, -0.1) is 0 Å². The molecule has 112 valence electrons. The number of benzene rings is 1. The molecule has 0 bridgehead atoms. The molecule has 0 aliphatic carbocycles. The molecule has 0 radical (unpaired) electrons. The summed E-state index contributed by atoms with van der Waals surface area (Å²) in [5.74, 6) is 1.56. The SMILES string of the molecule is Cc1cc(N2CCCCC2)nc(Nc2cccc(C#N)c2)n1. The van der Waals surface area contributed by atoms with E-state index in [0.717, 1.165) is 30.3 Å². The lowest BCUT2D eigenvalue weighted by molar-refractivity contribution is 0.573. The van der Waals surface area contributed by atoms with Gasteiger partial charge in [-0.2, -0.15) is 10.2 Å². The average molecular weight is 293 g/mol.